The Balaban J connectivity index is 2.22. The number of amides is 3. The Morgan fingerprint density at radius 2 is 1.19 bits per heavy atom. The topological polar surface area (TPSA) is 138 Å². The summed E-state index contributed by atoms with van der Waals surface area (Å²) < 4.78 is 4.92. The van der Waals surface area contributed by atoms with Crippen molar-refractivity contribution in [3.63, 3.8) is 0 Å². The monoisotopic (exact) mass is 631 g/mol. The lowest BCUT2D eigenvalue weighted by molar-refractivity contribution is -0.145. The summed E-state index contributed by atoms with van der Waals surface area (Å²) in [4.78, 5) is 53.0. The molecule has 2 aromatic rings. The van der Waals surface area contributed by atoms with Crippen LogP contribution in [0, 0.1) is 5.92 Å². The second-order valence-electron chi connectivity index (χ2n) is 10.9. The average Bonchev–Trinajstić information content (AvgIpc) is 3.00. The summed E-state index contributed by atoms with van der Waals surface area (Å²) in [7, 11) is 6.09. The van der Waals surface area contributed by atoms with Crippen LogP contribution in [-0.2, 0) is 36.8 Å². The molecule has 0 aliphatic carbocycles. The van der Waals surface area contributed by atoms with Crippen molar-refractivity contribution in [2.45, 2.75) is 76.5 Å². The second kappa shape index (κ2) is 20.1. The highest BCUT2D eigenvalue weighted by Crippen LogP contribution is 2.11. The molecule has 0 saturated heterocycles. The Morgan fingerprint density at radius 3 is 1.70 bits per heavy atom. The smallest absolute Gasteiger partial charge is 0.328 e. The molecule has 12 heteroatoms. The van der Waals surface area contributed by atoms with Gasteiger partial charge in [-0.1, -0.05) is 93.3 Å². The molecular formula is C31H47N5O5P2. The number of nitrogens with one attached hydrogen (secondary N) is 5. The lowest BCUT2D eigenvalue weighted by Crippen LogP contribution is -2.58. The fourth-order valence-corrected chi connectivity index (χ4v) is 5.10. The van der Waals surface area contributed by atoms with Gasteiger partial charge in [0.2, 0.25) is 17.7 Å². The van der Waals surface area contributed by atoms with E-state index in [0.717, 1.165) is 24.1 Å². The Morgan fingerprint density at radius 1 is 0.698 bits per heavy atom. The maximum Gasteiger partial charge on any atom is 0.328 e. The standard InChI is InChI=1S/C31H47N5O5P2/c1-21(2)18-25(28(37)33-24(31(40)41-3)16-10-11-17-32-42)34-29(38)26(19-22-12-6-4-7-13-22)35-30(39)27(36-43)20-23-14-8-5-9-15-23/h4-9,12-15,21,24-27,32,36H,10-11,16-20,42-43H2,1-3H3,(H,33,37)(H,34,38)(H,35,39)/t24-,25-,26-,27-/m1/s1. The van der Waals surface area contributed by atoms with Crippen molar-refractivity contribution in [2.24, 2.45) is 5.92 Å². The number of rotatable bonds is 19. The van der Waals surface area contributed by atoms with Crippen LogP contribution in [0.4, 0.5) is 0 Å². The van der Waals surface area contributed by atoms with Gasteiger partial charge in [0.15, 0.2) is 0 Å². The van der Waals surface area contributed by atoms with Gasteiger partial charge in [0.1, 0.15) is 18.1 Å². The minimum Gasteiger partial charge on any atom is -0.467 e. The lowest BCUT2D eigenvalue weighted by Gasteiger charge is -2.27. The molecule has 10 nitrogen and oxygen atoms in total. The molecule has 43 heavy (non-hydrogen) atoms. The van der Waals surface area contributed by atoms with Crippen LogP contribution in [0.2, 0.25) is 0 Å². The number of carbonyl (C=O) groups is 4. The van der Waals surface area contributed by atoms with E-state index in [1.807, 2.05) is 74.5 Å². The van der Waals surface area contributed by atoms with Crippen LogP contribution in [-0.4, -0.2) is 61.5 Å². The molecule has 5 N–H and O–H groups in total. The molecular weight excluding hydrogens is 584 g/mol. The number of ether oxygens (including phenoxy) is 1. The molecule has 0 aliphatic rings. The summed E-state index contributed by atoms with van der Waals surface area (Å²) in [6, 6.07) is 15.7. The minimum atomic E-state index is -0.940. The molecule has 2 unspecified atom stereocenters. The largest absolute Gasteiger partial charge is 0.467 e. The van der Waals surface area contributed by atoms with Crippen LogP contribution in [0.3, 0.4) is 0 Å². The molecule has 236 valence electrons. The van der Waals surface area contributed by atoms with Crippen LogP contribution < -0.4 is 26.1 Å². The maximum absolute atomic E-state index is 13.7. The predicted octanol–water partition coefficient (Wildman–Crippen LogP) is 2.44. The Hall–Kier alpha value is -2.90. The number of unbranched alkanes of at least 4 members (excludes halogenated alkanes) is 1. The highest BCUT2D eigenvalue weighted by Gasteiger charge is 2.31. The fourth-order valence-electron chi connectivity index (χ4n) is 4.62. The average molecular weight is 632 g/mol. The van der Waals surface area contributed by atoms with Crippen molar-refractivity contribution >= 4 is 42.5 Å². The molecule has 0 aliphatic heterocycles. The third-order valence-electron chi connectivity index (χ3n) is 6.92. The molecule has 0 spiro atoms. The summed E-state index contributed by atoms with van der Waals surface area (Å²) in [5, 5.41) is 14.5. The fraction of sp³-hybridized carbons (Fsp3) is 0.484. The van der Waals surface area contributed by atoms with Gasteiger partial charge in [-0.05, 0) is 55.7 Å². The zero-order chi connectivity index (χ0) is 31.6. The molecule has 0 bridgehead atoms. The van der Waals surface area contributed by atoms with Crippen molar-refractivity contribution in [1.29, 1.82) is 0 Å². The quantitative estimate of drug-likeness (QED) is 0.0913. The summed E-state index contributed by atoms with van der Waals surface area (Å²) in [5.41, 5.74) is 1.83. The number of benzene rings is 2. The molecule has 2 rings (SSSR count). The van der Waals surface area contributed by atoms with Gasteiger partial charge < -0.3 is 25.8 Å². The van der Waals surface area contributed by atoms with Gasteiger partial charge >= 0.3 is 5.97 Å². The third kappa shape index (κ3) is 13.5. The maximum atomic E-state index is 13.7. The molecule has 2 aromatic carbocycles. The van der Waals surface area contributed by atoms with Crippen LogP contribution in [0.5, 0.6) is 0 Å². The highest BCUT2D eigenvalue weighted by atomic mass is 31.0. The normalized spacial score (nSPS) is 13.8. The summed E-state index contributed by atoms with van der Waals surface area (Å²) >= 11 is 0. The Labute approximate surface area is 260 Å². The van der Waals surface area contributed by atoms with Gasteiger partial charge in [0.25, 0.3) is 0 Å². The molecule has 3 amide bonds. The molecule has 6 atom stereocenters. The van der Waals surface area contributed by atoms with Crippen LogP contribution >= 0.6 is 18.8 Å². The number of hydrogen-bond acceptors (Lipinski definition) is 7. The second-order valence-corrected chi connectivity index (χ2v) is 11.6. The first-order valence-corrected chi connectivity index (χ1v) is 15.8. The first kappa shape index (κ1) is 36.3. The van der Waals surface area contributed by atoms with E-state index in [9.17, 15) is 19.2 Å². The number of carbonyl (C=O) groups excluding carboxylic acids is 4. The molecule has 0 heterocycles. The number of hydrogen-bond donors (Lipinski definition) is 5. The van der Waals surface area contributed by atoms with Crippen molar-refractivity contribution in [3.8, 4) is 0 Å². The molecule has 0 aromatic heterocycles. The van der Waals surface area contributed by atoms with Gasteiger partial charge in [0, 0.05) is 6.42 Å². The van der Waals surface area contributed by atoms with Gasteiger partial charge in [0.05, 0.1) is 13.2 Å². The minimum absolute atomic E-state index is 0.0690. The van der Waals surface area contributed by atoms with E-state index in [2.05, 4.69) is 44.9 Å². The third-order valence-corrected chi connectivity index (χ3v) is 7.61. The van der Waals surface area contributed by atoms with Crippen LogP contribution in [0.25, 0.3) is 0 Å². The predicted molar refractivity (Wildman–Crippen MR) is 176 cm³/mol. The van der Waals surface area contributed by atoms with Crippen molar-refractivity contribution in [3.05, 3.63) is 71.8 Å². The van der Waals surface area contributed by atoms with Gasteiger partial charge in [-0.15, -0.1) is 0 Å². The van der Waals surface area contributed by atoms with Crippen molar-refractivity contribution in [2.75, 3.05) is 13.7 Å². The van der Waals surface area contributed by atoms with Gasteiger partial charge in [-0.3, -0.25) is 19.5 Å². The highest BCUT2D eigenvalue weighted by molar-refractivity contribution is 7.13. The molecule has 0 saturated carbocycles. The van der Waals surface area contributed by atoms with E-state index >= 15 is 0 Å². The molecule has 0 fully saturated rings. The summed E-state index contributed by atoms with van der Waals surface area (Å²) in [6.45, 7) is 4.65. The van der Waals surface area contributed by atoms with E-state index in [1.54, 1.807) is 0 Å². The summed E-state index contributed by atoms with van der Waals surface area (Å²) in [5.74, 6) is -1.77. The lowest BCUT2D eigenvalue weighted by atomic mass is 10.00. The first-order valence-electron chi connectivity index (χ1n) is 14.6. The SMILES string of the molecule is COC(=O)[C@@H](CCCCNP)NC(=O)[C@@H](CC(C)C)NC(=O)[C@@H](Cc1ccccc1)NC(=O)[C@@H](Cc1ccccc1)NP. The van der Waals surface area contributed by atoms with Crippen molar-refractivity contribution in [1.82, 2.24) is 26.1 Å². The van der Waals surface area contributed by atoms with E-state index in [4.69, 9.17) is 4.74 Å². The zero-order valence-electron chi connectivity index (χ0n) is 25.3. The Bertz CT molecular complexity index is 1140. The van der Waals surface area contributed by atoms with E-state index in [0.29, 0.717) is 25.7 Å². The number of methoxy groups -OCH3 is 1. The first-order chi connectivity index (χ1) is 20.7. The zero-order valence-corrected chi connectivity index (χ0v) is 27.6. The summed E-state index contributed by atoms with van der Waals surface area (Å²) in [6.07, 6.45) is 2.93. The van der Waals surface area contributed by atoms with Gasteiger partial charge in [-0.2, -0.15) is 0 Å². The van der Waals surface area contributed by atoms with E-state index < -0.39 is 42.0 Å². The van der Waals surface area contributed by atoms with Crippen LogP contribution in [0.15, 0.2) is 60.7 Å². The van der Waals surface area contributed by atoms with Crippen LogP contribution in [0.1, 0.15) is 50.7 Å². The van der Waals surface area contributed by atoms with Crippen molar-refractivity contribution < 1.29 is 23.9 Å². The molecule has 0 radical (unpaired) electrons. The van der Waals surface area contributed by atoms with Gasteiger partial charge in [-0.25, -0.2) is 4.79 Å². The Kier molecular flexibility index (Phi) is 17.0. The number of esters is 1. The van der Waals surface area contributed by atoms with E-state index in [1.165, 1.54) is 7.11 Å². The van der Waals surface area contributed by atoms with E-state index in [-0.39, 0.29) is 18.2 Å².